The van der Waals surface area contributed by atoms with E-state index >= 15 is 0 Å². The standard InChI is InChI=1S/C17H22N6S/c1-13-8-16(19-18-13)10-22-5-2-14(3-6-22)9-23-11-17(20-21-23)15-4-7-24-12-15/h4,7-8,11-12,14H,2-3,5-6,9-10H2,1H3,(H,18,19). The fourth-order valence-corrected chi connectivity index (χ4v) is 3.96. The van der Waals surface area contributed by atoms with E-state index in [-0.39, 0.29) is 0 Å². The van der Waals surface area contributed by atoms with Gasteiger partial charge in [-0.1, -0.05) is 5.21 Å². The fraction of sp³-hybridized carbons (Fsp3) is 0.471. The number of thiophene rings is 1. The summed E-state index contributed by atoms with van der Waals surface area (Å²) in [6.07, 6.45) is 4.48. The van der Waals surface area contributed by atoms with Crippen LogP contribution in [0.15, 0.2) is 29.1 Å². The monoisotopic (exact) mass is 342 g/mol. The van der Waals surface area contributed by atoms with Crippen LogP contribution in [0.5, 0.6) is 0 Å². The molecule has 1 N–H and O–H groups in total. The van der Waals surface area contributed by atoms with Crippen LogP contribution in [0.4, 0.5) is 0 Å². The zero-order chi connectivity index (χ0) is 16.4. The minimum absolute atomic E-state index is 0.680. The molecule has 0 atom stereocenters. The number of nitrogens with zero attached hydrogens (tertiary/aromatic N) is 5. The Kier molecular flexibility index (Phi) is 4.44. The number of piperidine rings is 1. The molecule has 0 aliphatic carbocycles. The fourth-order valence-electron chi connectivity index (χ4n) is 3.31. The first-order valence-electron chi connectivity index (χ1n) is 8.42. The smallest absolute Gasteiger partial charge is 0.113 e. The molecule has 1 saturated heterocycles. The Hall–Kier alpha value is -1.99. The second-order valence-electron chi connectivity index (χ2n) is 6.60. The van der Waals surface area contributed by atoms with Gasteiger partial charge in [-0.3, -0.25) is 14.7 Å². The molecule has 0 unspecified atom stereocenters. The number of nitrogens with one attached hydrogen (secondary N) is 1. The predicted molar refractivity (Wildman–Crippen MR) is 94.7 cm³/mol. The van der Waals surface area contributed by atoms with Gasteiger partial charge >= 0.3 is 0 Å². The van der Waals surface area contributed by atoms with E-state index in [0.29, 0.717) is 5.92 Å². The highest BCUT2D eigenvalue weighted by Gasteiger charge is 2.20. The van der Waals surface area contributed by atoms with E-state index in [1.54, 1.807) is 11.3 Å². The number of aromatic amines is 1. The quantitative estimate of drug-likeness (QED) is 0.774. The first-order valence-corrected chi connectivity index (χ1v) is 9.36. The maximum atomic E-state index is 4.34. The van der Waals surface area contributed by atoms with Crippen molar-refractivity contribution in [3.63, 3.8) is 0 Å². The van der Waals surface area contributed by atoms with Crippen LogP contribution in [-0.4, -0.2) is 43.2 Å². The van der Waals surface area contributed by atoms with Crippen LogP contribution in [0.1, 0.15) is 24.2 Å². The van der Waals surface area contributed by atoms with Crippen LogP contribution < -0.4 is 0 Å². The summed E-state index contributed by atoms with van der Waals surface area (Å²) in [5.41, 5.74) is 4.41. The number of hydrogen-bond acceptors (Lipinski definition) is 5. The van der Waals surface area contributed by atoms with Gasteiger partial charge in [0.15, 0.2) is 0 Å². The molecule has 4 heterocycles. The number of H-pyrrole nitrogens is 1. The molecule has 126 valence electrons. The third kappa shape index (κ3) is 3.57. The highest BCUT2D eigenvalue weighted by atomic mass is 32.1. The van der Waals surface area contributed by atoms with Crippen LogP contribution >= 0.6 is 11.3 Å². The van der Waals surface area contributed by atoms with Crippen molar-refractivity contribution in [1.82, 2.24) is 30.1 Å². The Morgan fingerprint density at radius 2 is 2.21 bits per heavy atom. The maximum absolute atomic E-state index is 4.34. The third-order valence-corrected chi connectivity index (χ3v) is 5.34. The van der Waals surface area contributed by atoms with Crippen molar-refractivity contribution in [2.45, 2.75) is 32.9 Å². The van der Waals surface area contributed by atoms with Crippen molar-refractivity contribution in [2.24, 2.45) is 5.92 Å². The van der Waals surface area contributed by atoms with Crippen molar-refractivity contribution in [3.8, 4) is 11.3 Å². The minimum Gasteiger partial charge on any atom is -0.297 e. The van der Waals surface area contributed by atoms with Crippen molar-refractivity contribution >= 4 is 11.3 Å². The van der Waals surface area contributed by atoms with Gasteiger partial charge in [-0.2, -0.15) is 16.4 Å². The van der Waals surface area contributed by atoms with Crippen molar-refractivity contribution in [1.29, 1.82) is 0 Å². The van der Waals surface area contributed by atoms with Crippen molar-refractivity contribution in [3.05, 3.63) is 40.5 Å². The number of aromatic nitrogens is 5. The molecule has 24 heavy (non-hydrogen) atoms. The average Bonchev–Trinajstić information content (AvgIpc) is 3.31. The highest BCUT2D eigenvalue weighted by Crippen LogP contribution is 2.22. The lowest BCUT2D eigenvalue weighted by Gasteiger charge is -2.31. The molecule has 0 saturated carbocycles. The molecule has 6 nitrogen and oxygen atoms in total. The molecule has 1 fully saturated rings. The molecule has 0 amide bonds. The van der Waals surface area contributed by atoms with E-state index in [1.165, 1.54) is 12.8 Å². The van der Waals surface area contributed by atoms with E-state index in [9.17, 15) is 0 Å². The molecule has 7 heteroatoms. The molecule has 1 aliphatic rings. The van der Waals surface area contributed by atoms with Crippen LogP contribution in [0.3, 0.4) is 0 Å². The number of hydrogen-bond donors (Lipinski definition) is 1. The van der Waals surface area contributed by atoms with Gasteiger partial charge in [0.25, 0.3) is 0 Å². The van der Waals surface area contributed by atoms with Gasteiger partial charge in [0, 0.05) is 29.7 Å². The summed E-state index contributed by atoms with van der Waals surface area (Å²) in [7, 11) is 0. The summed E-state index contributed by atoms with van der Waals surface area (Å²) in [6, 6.07) is 4.22. The SMILES string of the molecule is Cc1cc(CN2CCC(Cn3cc(-c4ccsc4)nn3)CC2)n[nH]1. The molecule has 1 aliphatic heterocycles. The second-order valence-corrected chi connectivity index (χ2v) is 7.38. The van der Waals surface area contributed by atoms with Gasteiger partial charge in [0.1, 0.15) is 5.69 Å². The second kappa shape index (κ2) is 6.86. The van der Waals surface area contributed by atoms with E-state index < -0.39 is 0 Å². The van der Waals surface area contributed by atoms with Gasteiger partial charge in [0.05, 0.1) is 11.9 Å². The lowest BCUT2D eigenvalue weighted by Crippen LogP contribution is -2.34. The Morgan fingerprint density at radius 1 is 1.33 bits per heavy atom. The maximum Gasteiger partial charge on any atom is 0.113 e. The Labute approximate surface area is 145 Å². The summed E-state index contributed by atoms with van der Waals surface area (Å²) >= 11 is 1.69. The first kappa shape index (κ1) is 15.5. The van der Waals surface area contributed by atoms with Gasteiger partial charge in [-0.15, -0.1) is 5.10 Å². The summed E-state index contributed by atoms with van der Waals surface area (Å²) in [4.78, 5) is 2.49. The van der Waals surface area contributed by atoms with Gasteiger partial charge in [-0.05, 0) is 56.3 Å². The Bertz CT molecular complexity index is 767. The molecular formula is C17H22N6S. The zero-order valence-electron chi connectivity index (χ0n) is 13.9. The molecule has 4 rings (SSSR count). The lowest BCUT2D eigenvalue weighted by atomic mass is 9.97. The summed E-state index contributed by atoms with van der Waals surface area (Å²) < 4.78 is 2.00. The minimum atomic E-state index is 0.680. The van der Waals surface area contributed by atoms with E-state index in [0.717, 1.165) is 48.8 Å². The third-order valence-electron chi connectivity index (χ3n) is 4.65. The van der Waals surface area contributed by atoms with Crippen LogP contribution in [0.25, 0.3) is 11.3 Å². The Morgan fingerprint density at radius 3 is 2.92 bits per heavy atom. The summed E-state index contributed by atoms with van der Waals surface area (Å²) in [5, 5.41) is 20.1. The molecule has 0 bridgehead atoms. The first-order chi connectivity index (χ1) is 11.8. The molecule has 0 aromatic carbocycles. The molecule has 0 radical (unpaired) electrons. The molecule has 3 aromatic rings. The largest absolute Gasteiger partial charge is 0.297 e. The van der Waals surface area contributed by atoms with Crippen molar-refractivity contribution in [2.75, 3.05) is 13.1 Å². The zero-order valence-corrected chi connectivity index (χ0v) is 14.7. The van der Waals surface area contributed by atoms with Crippen LogP contribution in [-0.2, 0) is 13.1 Å². The topological polar surface area (TPSA) is 62.6 Å². The van der Waals surface area contributed by atoms with E-state index in [1.807, 2.05) is 11.6 Å². The van der Waals surface area contributed by atoms with Crippen LogP contribution in [0, 0.1) is 12.8 Å². The molecular weight excluding hydrogens is 320 g/mol. The van der Waals surface area contributed by atoms with Crippen LogP contribution in [0.2, 0.25) is 0 Å². The van der Waals surface area contributed by atoms with E-state index in [4.69, 9.17) is 0 Å². The summed E-state index contributed by atoms with van der Waals surface area (Å²) in [5.74, 6) is 0.680. The number of rotatable bonds is 5. The van der Waals surface area contributed by atoms with Gasteiger partial charge in [-0.25, -0.2) is 0 Å². The number of aryl methyl sites for hydroxylation is 1. The average molecular weight is 342 g/mol. The van der Waals surface area contributed by atoms with E-state index in [2.05, 4.69) is 54.5 Å². The predicted octanol–water partition coefficient (Wildman–Crippen LogP) is 2.95. The van der Waals surface area contributed by atoms with Gasteiger partial charge < -0.3 is 0 Å². The number of likely N-dealkylation sites (tertiary alicyclic amines) is 1. The molecule has 0 spiro atoms. The lowest BCUT2D eigenvalue weighted by molar-refractivity contribution is 0.162. The Balaban J connectivity index is 1.29. The summed E-state index contributed by atoms with van der Waals surface area (Å²) in [6.45, 7) is 6.21. The molecule has 3 aromatic heterocycles. The van der Waals surface area contributed by atoms with Crippen molar-refractivity contribution < 1.29 is 0 Å². The van der Waals surface area contributed by atoms with Gasteiger partial charge in [0.2, 0.25) is 0 Å². The normalized spacial score (nSPS) is 16.7. The highest BCUT2D eigenvalue weighted by molar-refractivity contribution is 7.08.